The number of fused-ring (bicyclic) bond motifs is 1. The second-order valence-electron chi connectivity index (χ2n) is 7.41. The van der Waals surface area contributed by atoms with Crippen LogP contribution in [0.2, 0.25) is 0 Å². The van der Waals surface area contributed by atoms with Gasteiger partial charge in [-0.3, -0.25) is 0 Å². The highest BCUT2D eigenvalue weighted by atomic mass is 16.3. The molecule has 27 heavy (non-hydrogen) atoms. The minimum atomic E-state index is -0.663. The van der Waals surface area contributed by atoms with E-state index < -0.39 is 5.92 Å². The lowest BCUT2D eigenvalue weighted by molar-refractivity contribution is 0.252. The summed E-state index contributed by atoms with van der Waals surface area (Å²) in [4.78, 5) is 13.4. The molecule has 6 nitrogen and oxygen atoms in total. The maximum absolute atomic E-state index is 9.72. The van der Waals surface area contributed by atoms with Gasteiger partial charge in [-0.1, -0.05) is 38.8 Å². The van der Waals surface area contributed by atoms with Gasteiger partial charge in [0.2, 0.25) is 11.8 Å². The van der Waals surface area contributed by atoms with Crippen LogP contribution >= 0.6 is 0 Å². The molecule has 6 heteroatoms. The van der Waals surface area contributed by atoms with Gasteiger partial charge in [0.25, 0.3) is 0 Å². The van der Waals surface area contributed by atoms with Crippen LogP contribution < -0.4 is 5.32 Å². The summed E-state index contributed by atoms with van der Waals surface area (Å²) < 4.78 is 5.78. The minimum Gasteiger partial charge on any atom is -0.439 e. The molecule has 1 aliphatic carbocycles. The summed E-state index contributed by atoms with van der Waals surface area (Å²) in [6, 6.07) is 11.9. The summed E-state index contributed by atoms with van der Waals surface area (Å²) in [5.74, 6) is 1.52. The lowest BCUT2D eigenvalue weighted by atomic mass is 9.78. The third-order valence-electron chi connectivity index (χ3n) is 5.68. The summed E-state index contributed by atoms with van der Waals surface area (Å²) >= 11 is 0. The first-order valence-corrected chi connectivity index (χ1v) is 9.50. The molecule has 0 radical (unpaired) electrons. The van der Waals surface area contributed by atoms with Crippen molar-refractivity contribution in [3.05, 3.63) is 48.1 Å². The Labute approximate surface area is 158 Å². The monoisotopic (exact) mass is 361 g/mol. The van der Waals surface area contributed by atoms with Crippen molar-refractivity contribution < 1.29 is 4.42 Å². The molecule has 1 fully saturated rings. The Morgan fingerprint density at radius 3 is 2.85 bits per heavy atom. The van der Waals surface area contributed by atoms with E-state index in [9.17, 15) is 5.26 Å². The van der Waals surface area contributed by atoms with Crippen molar-refractivity contribution >= 4 is 17.0 Å². The van der Waals surface area contributed by atoms with Crippen LogP contribution in [0.1, 0.15) is 50.6 Å². The summed E-state index contributed by atoms with van der Waals surface area (Å²) in [5, 5.41) is 13.2. The van der Waals surface area contributed by atoms with E-state index in [0.717, 1.165) is 11.9 Å². The maximum Gasteiger partial charge on any atom is 0.223 e. The average Bonchev–Trinajstić information content (AvgIpc) is 3.10. The van der Waals surface area contributed by atoms with Gasteiger partial charge in [0.05, 0.1) is 11.8 Å². The van der Waals surface area contributed by atoms with E-state index in [2.05, 4.69) is 40.2 Å². The standard InChI is InChI=1S/C21H23N5O/c1-13-6-5-8-16(14(13)2)25-21-23-11-10-17(26-21)15(12-22)20-24-18-7-3-4-9-19(18)27-20/h3-4,7,9-11,13-16H,5-6,8H2,1-2H3,(H,23,25,26). The molecule has 0 amide bonds. The normalized spacial score (nSPS) is 23.7. The van der Waals surface area contributed by atoms with Gasteiger partial charge < -0.3 is 9.73 Å². The number of benzene rings is 1. The molecule has 1 aliphatic rings. The Kier molecular flexibility index (Phi) is 4.76. The molecule has 1 saturated carbocycles. The molecule has 1 N–H and O–H groups in total. The molecular formula is C21H23N5O. The molecule has 4 rings (SSSR count). The van der Waals surface area contributed by atoms with Crippen LogP contribution in [0.4, 0.5) is 5.95 Å². The van der Waals surface area contributed by atoms with Crippen molar-refractivity contribution in [3.63, 3.8) is 0 Å². The Hall–Kier alpha value is -2.94. The van der Waals surface area contributed by atoms with Crippen LogP contribution in [0.3, 0.4) is 0 Å². The number of nitrogens with one attached hydrogen (secondary N) is 1. The van der Waals surface area contributed by atoms with Crippen molar-refractivity contribution in [1.29, 1.82) is 5.26 Å². The van der Waals surface area contributed by atoms with E-state index in [4.69, 9.17) is 4.42 Å². The number of aromatic nitrogens is 3. The van der Waals surface area contributed by atoms with Gasteiger partial charge in [-0.05, 0) is 36.5 Å². The molecule has 1 aromatic carbocycles. The van der Waals surface area contributed by atoms with Gasteiger partial charge >= 0.3 is 0 Å². The second kappa shape index (κ2) is 7.36. The van der Waals surface area contributed by atoms with Crippen molar-refractivity contribution in [3.8, 4) is 6.07 Å². The largest absolute Gasteiger partial charge is 0.439 e. The van der Waals surface area contributed by atoms with Gasteiger partial charge in [-0.15, -0.1) is 0 Å². The third-order valence-corrected chi connectivity index (χ3v) is 5.68. The van der Waals surface area contributed by atoms with E-state index in [-0.39, 0.29) is 0 Å². The van der Waals surface area contributed by atoms with E-state index in [0.29, 0.717) is 41.0 Å². The van der Waals surface area contributed by atoms with Crippen LogP contribution in [0.15, 0.2) is 40.9 Å². The Bertz CT molecular complexity index is 943. The fraction of sp³-hybridized carbons (Fsp3) is 0.429. The molecule has 4 atom stereocenters. The predicted octanol–water partition coefficient (Wildman–Crippen LogP) is 4.51. The molecule has 0 bridgehead atoms. The van der Waals surface area contributed by atoms with Crippen molar-refractivity contribution in [2.24, 2.45) is 11.8 Å². The zero-order valence-electron chi connectivity index (χ0n) is 15.6. The molecule has 0 spiro atoms. The predicted molar refractivity (Wildman–Crippen MR) is 103 cm³/mol. The number of para-hydroxylation sites is 2. The van der Waals surface area contributed by atoms with Crippen LogP contribution in [0.25, 0.3) is 11.1 Å². The molecule has 0 saturated heterocycles. The molecule has 2 heterocycles. The summed E-state index contributed by atoms with van der Waals surface area (Å²) in [6.45, 7) is 4.58. The zero-order valence-corrected chi connectivity index (χ0v) is 15.6. The van der Waals surface area contributed by atoms with Gasteiger partial charge in [-0.25, -0.2) is 15.0 Å². The lowest BCUT2D eigenvalue weighted by Crippen LogP contribution is -2.35. The number of hydrogen-bond acceptors (Lipinski definition) is 6. The fourth-order valence-electron chi connectivity index (χ4n) is 3.82. The average molecular weight is 361 g/mol. The molecule has 4 unspecified atom stereocenters. The highest BCUT2D eigenvalue weighted by Gasteiger charge is 2.28. The summed E-state index contributed by atoms with van der Waals surface area (Å²) in [5.41, 5.74) is 2.01. The third kappa shape index (κ3) is 3.50. The first kappa shape index (κ1) is 17.5. The van der Waals surface area contributed by atoms with Crippen LogP contribution in [-0.2, 0) is 0 Å². The molecule has 138 valence electrons. The zero-order chi connectivity index (χ0) is 18.8. The Morgan fingerprint density at radius 1 is 1.19 bits per heavy atom. The van der Waals surface area contributed by atoms with Crippen LogP contribution in [0.5, 0.6) is 0 Å². The smallest absolute Gasteiger partial charge is 0.223 e. The minimum absolute atomic E-state index is 0.355. The number of anilines is 1. The maximum atomic E-state index is 9.72. The number of nitriles is 1. The molecule has 2 aromatic heterocycles. The number of hydrogen-bond donors (Lipinski definition) is 1. The molecule has 3 aromatic rings. The SMILES string of the molecule is CC1CCCC(Nc2nccc(C(C#N)c3nc4ccccc4o3)n2)C1C. The highest BCUT2D eigenvalue weighted by Crippen LogP contribution is 2.31. The van der Waals surface area contributed by atoms with Gasteiger partial charge in [-0.2, -0.15) is 5.26 Å². The molecule has 0 aliphatic heterocycles. The van der Waals surface area contributed by atoms with Crippen molar-refractivity contribution in [2.45, 2.75) is 45.1 Å². The summed E-state index contributed by atoms with van der Waals surface area (Å²) in [6.07, 6.45) is 5.29. The van der Waals surface area contributed by atoms with Gasteiger partial charge in [0, 0.05) is 12.2 Å². The number of oxazole rings is 1. The first-order chi connectivity index (χ1) is 13.2. The first-order valence-electron chi connectivity index (χ1n) is 9.50. The quantitative estimate of drug-likeness (QED) is 0.735. The van der Waals surface area contributed by atoms with Gasteiger partial charge in [0.15, 0.2) is 11.5 Å². The topological polar surface area (TPSA) is 87.6 Å². The van der Waals surface area contributed by atoms with E-state index in [1.165, 1.54) is 12.8 Å². The second-order valence-corrected chi connectivity index (χ2v) is 7.41. The summed E-state index contributed by atoms with van der Waals surface area (Å²) in [7, 11) is 0. The fourth-order valence-corrected chi connectivity index (χ4v) is 3.82. The van der Waals surface area contributed by atoms with E-state index in [1.54, 1.807) is 12.3 Å². The lowest BCUT2D eigenvalue weighted by Gasteiger charge is -2.34. The number of nitrogens with zero attached hydrogens (tertiary/aromatic N) is 4. The van der Waals surface area contributed by atoms with Crippen LogP contribution in [0, 0.1) is 23.2 Å². The highest BCUT2D eigenvalue weighted by molar-refractivity contribution is 5.72. The van der Waals surface area contributed by atoms with Crippen molar-refractivity contribution in [2.75, 3.05) is 5.32 Å². The van der Waals surface area contributed by atoms with Gasteiger partial charge in [0.1, 0.15) is 5.52 Å². The molecular weight excluding hydrogens is 338 g/mol. The van der Waals surface area contributed by atoms with E-state index >= 15 is 0 Å². The number of rotatable bonds is 4. The Morgan fingerprint density at radius 2 is 2.04 bits per heavy atom. The van der Waals surface area contributed by atoms with Crippen LogP contribution in [-0.4, -0.2) is 21.0 Å². The van der Waals surface area contributed by atoms with Crippen molar-refractivity contribution in [1.82, 2.24) is 15.0 Å². The Balaban J connectivity index is 1.59. The van der Waals surface area contributed by atoms with E-state index in [1.807, 2.05) is 24.3 Å².